The van der Waals surface area contributed by atoms with Crippen LogP contribution in [0, 0.1) is 0 Å². The first-order chi connectivity index (χ1) is 2.27. The Morgan fingerprint density at radius 1 is 1.43 bits per heavy atom. The molecule has 0 fully saturated rings. The fourth-order valence-corrected chi connectivity index (χ4v) is 0. The van der Waals surface area contributed by atoms with Gasteiger partial charge < -0.3 is 10.2 Å². The molecule has 0 bridgehead atoms. The number of hydrogen-bond acceptors (Lipinski definition) is 2. The van der Waals surface area contributed by atoms with Gasteiger partial charge >= 0.3 is 0 Å². The van der Waals surface area contributed by atoms with E-state index in [0.717, 1.165) is 0 Å². The van der Waals surface area contributed by atoms with Crippen LogP contribution in [0.25, 0.3) is 0 Å². The fraction of sp³-hybridized carbons (Fsp3) is 1.00. The Morgan fingerprint density at radius 2 is 1.57 bits per heavy atom. The van der Waals surface area contributed by atoms with E-state index in [0.29, 0.717) is 0 Å². The van der Waals surface area contributed by atoms with Gasteiger partial charge in [0.25, 0.3) is 0 Å². The van der Waals surface area contributed by atoms with Crippen LogP contribution in [-0.2, 0) is 0 Å². The van der Waals surface area contributed by atoms with E-state index in [2.05, 4.69) is 0 Å². The minimum absolute atomic E-state index is 0. The maximum absolute atomic E-state index is 8.11. The van der Waals surface area contributed by atoms with Gasteiger partial charge in [-0.1, -0.05) is 0 Å². The first kappa shape index (κ1) is 15.7. The van der Waals surface area contributed by atoms with E-state index in [1.165, 1.54) is 6.92 Å². The monoisotopic (exact) mass is 90.1 g/mol. The Hall–Kier alpha value is 1.11. The Bertz CT molecular complexity index is 24.9. The predicted octanol–water partition coefficient (Wildman–Crippen LogP) is -1.40. The molecule has 4 heteroatoms. The zero-order valence-electron chi connectivity index (χ0n) is 5.18. The van der Waals surface area contributed by atoms with E-state index in [4.69, 9.17) is 10.2 Å². The zero-order valence-corrected chi connectivity index (χ0v) is 5.18. The van der Waals surface area contributed by atoms with Gasteiger partial charge in [-0.3, -0.25) is 0 Å². The van der Waals surface area contributed by atoms with Crippen molar-refractivity contribution in [3.05, 3.63) is 0 Å². The molecule has 0 aliphatic carbocycles. The van der Waals surface area contributed by atoms with Crippen molar-refractivity contribution in [3.63, 3.8) is 0 Å². The second-order valence-corrected chi connectivity index (χ2v) is 1.03. The van der Waals surface area contributed by atoms with Gasteiger partial charge in [-0.15, -0.1) is 0 Å². The second-order valence-electron chi connectivity index (χ2n) is 1.03. The summed E-state index contributed by atoms with van der Waals surface area (Å²) in [6.45, 7) is 1.39. The molecule has 0 saturated heterocycles. The Labute approximate surface area is 67.7 Å². The van der Waals surface area contributed by atoms with Crippen molar-refractivity contribution in [2.75, 3.05) is 6.61 Å². The van der Waals surface area contributed by atoms with Gasteiger partial charge in [-0.25, -0.2) is 0 Å². The van der Waals surface area contributed by atoms with Crippen LogP contribution in [-0.4, -0.2) is 60.6 Å². The van der Waals surface area contributed by atoms with Gasteiger partial charge in [0.1, 0.15) is 0 Å². The van der Waals surface area contributed by atoms with E-state index in [-0.39, 0.29) is 44.3 Å². The quantitative estimate of drug-likeness (QED) is 0.388. The summed E-state index contributed by atoms with van der Waals surface area (Å²) in [5.74, 6) is 0. The molecule has 0 rings (SSSR count). The predicted molar refractivity (Wildman–Crippen MR) is 30.3 cm³/mol. The molecule has 1 atom stereocenters. The van der Waals surface area contributed by atoms with Crippen molar-refractivity contribution >= 4 is 37.7 Å². The molecule has 1 unspecified atom stereocenters. The average Bonchev–Trinajstić information content (AvgIpc) is 1.38. The molecule has 0 aromatic carbocycles. The van der Waals surface area contributed by atoms with Gasteiger partial charge in [0, 0.05) is 37.7 Å². The minimum Gasteiger partial charge on any atom is -0.394 e. The number of hydrogen-bond donors (Lipinski definition) is 2. The fourth-order valence-electron chi connectivity index (χ4n) is 0. The minimum atomic E-state index is -0.560. The molecule has 2 nitrogen and oxygen atoms in total. The molecule has 0 aromatic rings. The van der Waals surface area contributed by atoms with Gasteiger partial charge in [-0.05, 0) is 6.92 Å². The van der Waals surface area contributed by atoms with E-state index < -0.39 is 6.10 Å². The van der Waals surface area contributed by atoms with Crippen LogP contribution in [0.1, 0.15) is 6.92 Å². The van der Waals surface area contributed by atoms with Crippen LogP contribution < -0.4 is 0 Å². The Kier molecular flexibility index (Phi) is 22.8. The van der Waals surface area contributed by atoms with Crippen LogP contribution in [0.2, 0.25) is 0 Å². The van der Waals surface area contributed by atoms with Crippen molar-refractivity contribution in [2.45, 2.75) is 13.0 Å². The SMILES string of the molecule is CC(O)CO.[Li].[Li]. The topological polar surface area (TPSA) is 40.5 Å². The molecule has 2 radical (unpaired) electrons. The molecule has 0 spiro atoms. The van der Waals surface area contributed by atoms with Gasteiger partial charge in [0.15, 0.2) is 0 Å². The third-order valence-electron chi connectivity index (χ3n) is 0.264. The summed E-state index contributed by atoms with van der Waals surface area (Å²) in [6, 6.07) is 0. The van der Waals surface area contributed by atoms with Crippen molar-refractivity contribution < 1.29 is 10.2 Å². The van der Waals surface area contributed by atoms with Gasteiger partial charge in [0.2, 0.25) is 0 Å². The standard InChI is InChI=1S/C3H8O2.2Li/c1-3(5)2-4;;/h3-5H,2H2,1H3;;. The molecule has 0 aliphatic heterocycles. The maximum atomic E-state index is 8.11. The number of rotatable bonds is 1. The van der Waals surface area contributed by atoms with Gasteiger partial charge in [0.05, 0.1) is 12.7 Å². The largest absolute Gasteiger partial charge is 0.394 e. The molecule has 0 aliphatic rings. The Balaban J connectivity index is -0.0000000800. The molecule has 7 heavy (non-hydrogen) atoms. The summed E-state index contributed by atoms with van der Waals surface area (Å²) < 4.78 is 0. The molecule has 0 amide bonds. The Morgan fingerprint density at radius 3 is 1.57 bits per heavy atom. The molecule has 0 aromatic heterocycles. The van der Waals surface area contributed by atoms with Crippen LogP contribution in [0.4, 0.5) is 0 Å². The first-order valence-corrected chi connectivity index (χ1v) is 1.56. The van der Waals surface area contributed by atoms with Crippen LogP contribution in [0.3, 0.4) is 0 Å². The molecule has 0 saturated carbocycles. The summed E-state index contributed by atoms with van der Waals surface area (Å²) in [6.07, 6.45) is -0.560. The van der Waals surface area contributed by atoms with Crippen LogP contribution in [0.15, 0.2) is 0 Å². The molecule has 2 N–H and O–H groups in total. The summed E-state index contributed by atoms with van der Waals surface area (Å²) in [7, 11) is 0. The van der Waals surface area contributed by atoms with Crippen LogP contribution in [0.5, 0.6) is 0 Å². The third-order valence-corrected chi connectivity index (χ3v) is 0.264. The van der Waals surface area contributed by atoms with Gasteiger partial charge in [-0.2, -0.15) is 0 Å². The van der Waals surface area contributed by atoms with Crippen molar-refractivity contribution in [3.8, 4) is 0 Å². The summed E-state index contributed by atoms with van der Waals surface area (Å²) in [5, 5.41) is 16.0. The van der Waals surface area contributed by atoms with Crippen molar-refractivity contribution in [1.82, 2.24) is 0 Å². The maximum Gasteiger partial charge on any atom is 0.0742 e. The van der Waals surface area contributed by atoms with Crippen molar-refractivity contribution in [1.29, 1.82) is 0 Å². The van der Waals surface area contributed by atoms with E-state index >= 15 is 0 Å². The first-order valence-electron chi connectivity index (χ1n) is 1.56. The molecule has 0 heterocycles. The summed E-state index contributed by atoms with van der Waals surface area (Å²) in [5.41, 5.74) is 0. The normalized spacial score (nSPS) is 10.7. The average molecular weight is 90.0 g/mol. The summed E-state index contributed by atoms with van der Waals surface area (Å²) in [4.78, 5) is 0. The number of aliphatic hydroxyl groups is 2. The van der Waals surface area contributed by atoms with E-state index in [1.54, 1.807) is 0 Å². The zero-order chi connectivity index (χ0) is 4.28. The number of aliphatic hydroxyl groups excluding tert-OH is 2. The molecular formula is C3H8Li2O2. The third kappa shape index (κ3) is 19.2. The molecular weight excluding hydrogens is 81.9 g/mol. The second kappa shape index (κ2) is 10.2. The van der Waals surface area contributed by atoms with Crippen LogP contribution >= 0.6 is 0 Å². The molecule has 34 valence electrons. The smallest absolute Gasteiger partial charge is 0.0742 e. The summed E-state index contributed by atoms with van der Waals surface area (Å²) >= 11 is 0. The van der Waals surface area contributed by atoms with E-state index in [1.807, 2.05) is 0 Å². The van der Waals surface area contributed by atoms with Crippen molar-refractivity contribution in [2.24, 2.45) is 0 Å². The van der Waals surface area contributed by atoms with E-state index in [9.17, 15) is 0 Å².